The average molecular weight is 236 g/mol. The molecule has 0 spiro atoms. The van der Waals surface area contributed by atoms with Crippen molar-refractivity contribution < 1.29 is 13.9 Å². The Hall–Kier alpha value is -1.88. The lowest BCUT2D eigenvalue weighted by Gasteiger charge is -2.22. The van der Waals surface area contributed by atoms with Crippen LogP contribution in [0.5, 0.6) is 0 Å². The maximum Gasteiger partial charge on any atom is 0.141 e. The van der Waals surface area contributed by atoms with Crippen molar-refractivity contribution >= 4 is 0 Å². The molecule has 0 aliphatic rings. The van der Waals surface area contributed by atoms with Crippen LogP contribution in [0.1, 0.15) is 18.2 Å². The van der Waals surface area contributed by atoms with E-state index in [9.17, 15) is 13.9 Å². The van der Waals surface area contributed by atoms with E-state index in [1.165, 1.54) is 25.3 Å². The van der Waals surface area contributed by atoms with Gasteiger partial charge in [-0.2, -0.15) is 0 Å². The van der Waals surface area contributed by atoms with E-state index in [0.717, 1.165) is 18.5 Å². The summed E-state index contributed by atoms with van der Waals surface area (Å²) in [7, 11) is 0. The molecule has 17 heavy (non-hydrogen) atoms. The number of aliphatic hydroxyl groups is 1. The van der Waals surface area contributed by atoms with Gasteiger partial charge in [-0.05, 0) is 25.1 Å². The first-order valence-electron chi connectivity index (χ1n) is 4.95. The van der Waals surface area contributed by atoms with Gasteiger partial charge in [0.15, 0.2) is 0 Å². The van der Waals surface area contributed by atoms with E-state index in [4.69, 9.17) is 0 Å². The van der Waals surface area contributed by atoms with E-state index in [1.807, 2.05) is 0 Å². The van der Waals surface area contributed by atoms with Gasteiger partial charge in [-0.1, -0.05) is 0 Å². The summed E-state index contributed by atoms with van der Waals surface area (Å²) < 4.78 is 25.7. The van der Waals surface area contributed by atoms with E-state index >= 15 is 0 Å². The van der Waals surface area contributed by atoms with Crippen LogP contribution in [0.4, 0.5) is 8.78 Å². The van der Waals surface area contributed by atoms with Crippen molar-refractivity contribution in [3.63, 3.8) is 0 Å². The molecule has 0 aliphatic carbocycles. The Morgan fingerprint density at radius 3 is 2.47 bits per heavy atom. The number of halogens is 2. The molecule has 1 unspecified atom stereocenters. The quantitative estimate of drug-likeness (QED) is 0.867. The summed E-state index contributed by atoms with van der Waals surface area (Å²) in [6.45, 7) is 1.45. The van der Waals surface area contributed by atoms with Crippen molar-refractivity contribution in [1.29, 1.82) is 0 Å². The number of aromatic nitrogens is 2. The lowest BCUT2D eigenvalue weighted by molar-refractivity contribution is 0.0964. The fourth-order valence-corrected chi connectivity index (χ4v) is 1.49. The van der Waals surface area contributed by atoms with Gasteiger partial charge in [0.25, 0.3) is 0 Å². The highest BCUT2D eigenvalue weighted by atomic mass is 19.1. The molecule has 2 heterocycles. The summed E-state index contributed by atoms with van der Waals surface area (Å²) in [6, 6.07) is 3.70. The van der Waals surface area contributed by atoms with Crippen LogP contribution in [0.25, 0.3) is 0 Å². The Kier molecular flexibility index (Phi) is 2.85. The Morgan fingerprint density at radius 2 is 1.88 bits per heavy atom. The maximum atomic E-state index is 13.0. The average Bonchev–Trinajstić information content (AvgIpc) is 2.29. The molecule has 0 aliphatic heterocycles. The highest BCUT2D eigenvalue weighted by Gasteiger charge is 2.27. The van der Waals surface area contributed by atoms with Gasteiger partial charge in [0.2, 0.25) is 0 Å². The van der Waals surface area contributed by atoms with Gasteiger partial charge in [-0.3, -0.25) is 9.97 Å². The molecule has 3 nitrogen and oxygen atoms in total. The molecule has 0 saturated carbocycles. The van der Waals surface area contributed by atoms with E-state index in [2.05, 4.69) is 9.97 Å². The predicted octanol–water partition coefficient (Wildman–Crippen LogP) is 2.01. The minimum atomic E-state index is -1.51. The van der Waals surface area contributed by atoms with Crippen LogP contribution in [0, 0.1) is 11.6 Å². The normalized spacial score (nSPS) is 14.4. The first-order valence-corrected chi connectivity index (χ1v) is 4.95. The highest BCUT2D eigenvalue weighted by Crippen LogP contribution is 2.27. The summed E-state index contributed by atoms with van der Waals surface area (Å²) in [5.41, 5.74) is -1.02. The zero-order valence-electron chi connectivity index (χ0n) is 9.06. The minimum Gasteiger partial charge on any atom is -0.379 e. The molecule has 2 rings (SSSR count). The van der Waals surface area contributed by atoms with Gasteiger partial charge in [0.1, 0.15) is 17.2 Å². The standard InChI is InChI=1S/C12H10F2N2O/c1-12(17,8-4-10(14)6-15-5-8)11-3-2-9(13)7-16-11/h2-7,17H,1H3. The molecule has 2 aromatic rings. The van der Waals surface area contributed by atoms with Crippen molar-refractivity contribution in [2.45, 2.75) is 12.5 Å². The third kappa shape index (κ3) is 2.29. The zero-order valence-corrected chi connectivity index (χ0v) is 9.06. The fraction of sp³-hybridized carbons (Fsp3) is 0.167. The minimum absolute atomic E-state index is 0.228. The summed E-state index contributed by atoms with van der Waals surface area (Å²) >= 11 is 0. The van der Waals surface area contributed by atoms with Crippen LogP contribution in [0.15, 0.2) is 36.8 Å². The molecule has 0 amide bonds. The summed E-state index contributed by atoms with van der Waals surface area (Å²) in [5.74, 6) is -1.05. The Bertz CT molecular complexity index is 526. The van der Waals surface area contributed by atoms with Crippen LogP contribution < -0.4 is 0 Å². The first-order chi connectivity index (χ1) is 8.00. The molecule has 2 aromatic heterocycles. The molecule has 5 heteroatoms. The van der Waals surface area contributed by atoms with Crippen LogP contribution in [0.2, 0.25) is 0 Å². The van der Waals surface area contributed by atoms with Crippen molar-refractivity contribution in [2.24, 2.45) is 0 Å². The highest BCUT2D eigenvalue weighted by molar-refractivity contribution is 5.29. The van der Waals surface area contributed by atoms with E-state index in [0.29, 0.717) is 0 Å². The van der Waals surface area contributed by atoms with Gasteiger partial charge in [-0.25, -0.2) is 8.78 Å². The Morgan fingerprint density at radius 1 is 1.12 bits per heavy atom. The summed E-state index contributed by atoms with van der Waals surface area (Å²) in [4.78, 5) is 7.44. The van der Waals surface area contributed by atoms with Crippen molar-refractivity contribution in [3.05, 3.63) is 59.7 Å². The summed E-state index contributed by atoms with van der Waals surface area (Å²) in [5, 5.41) is 10.3. The molecule has 0 radical (unpaired) electrons. The fourth-order valence-electron chi connectivity index (χ4n) is 1.49. The van der Waals surface area contributed by atoms with Crippen LogP contribution >= 0.6 is 0 Å². The molecule has 0 bridgehead atoms. The van der Waals surface area contributed by atoms with Gasteiger partial charge >= 0.3 is 0 Å². The van der Waals surface area contributed by atoms with E-state index in [1.54, 1.807) is 0 Å². The largest absolute Gasteiger partial charge is 0.379 e. The molecular formula is C12H10F2N2O. The Labute approximate surface area is 96.8 Å². The predicted molar refractivity (Wildman–Crippen MR) is 57.1 cm³/mol. The number of nitrogens with zero attached hydrogens (tertiary/aromatic N) is 2. The van der Waals surface area contributed by atoms with Gasteiger partial charge in [0, 0.05) is 11.8 Å². The number of pyridine rings is 2. The Balaban J connectivity index is 2.45. The second kappa shape index (κ2) is 4.18. The molecule has 88 valence electrons. The number of rotatable bonds is 2. The molecular weight excluding hydrogens is 226 g/mol. The molecule has 1 atom stereocenters. The second-order valence-electron chi connectivity index (χ2n) is 3.83. The van der Waals surface area contributed by atoms with Crippen molar-refractivity contribution in [3.8, 4) is 0 Å². The molecule has 1 N–H and O–H groups in total. The molecule has 0 saturated heterocycles. The third-order valence-corrected chi connectivity index (χ3v) is 2.49. The monoisotopic (exact) mass is 236 g/mol. The lowest BCUT2D eigenvalue weighted by atomic mass is 9.93. The van der Waals surface area contributed by atoms with Crippen molar-refractivity contribution in [2.75, 3.05) is 0 Å². The first kappa shape index (κ1) is 11.6. The van der Waals surface area contributed by atoms with E-state index < -0.39 is 17.2 Å². The molecule has 0 aromatic carbocycles. The molecule has 0 fully saturated rings. The summed E-state index contributed by atoms with van der Waals surface area (Å²) in [6.07, 6.45) is 3.38. The number of hydrogen-bond acceptors (Lipinski definition) is 3. The van der Waals surface area contributed by atoms with Crippen LogP contribution in [0.3, 0.4) is 0 Å². The smallest absolute Gasteiger partial charge is 0.141 e. The van der Waals surface area contributed by atoms with Gasteiger partial charge < -0.3 is 5.11 Å². The number of hydrogen-bond donors (Lipinski definition) is 1. The van der Waals surface area contributed by atoms with Crippen molar-refractivity contribution in [1.82, 2.24) is 9.97 Å². The SMILES string of the molecule is CC(O)(c1cncc(F)c1)c1ccc(F)cn1. The lowest BCUT2D eigenvalue weighted by Crippen LogP contribution is -2.24. The van der Waals surface area contributed by atoms with Crippen LogP contribution in [-0.2, 0) is 5.60 Å². The van der Waals surface area contributed by atoms with Gasteiger partial charge in [0.05, 0.1) is 18.1 Å². The van der Waals surface area contributed by atoms with E-state index in [-0.39, 0.29) is 11.3 Å². The topological polar surface area (TPSA) is 46.0 Å². The third-order valence-electron chi connectivity index (χ3n) is 2.49. The maximum absolute atomic E-state index is 13.0. The van der Waals surface area contributed by atoms with Crippen LogP contribution in [-0.4, -0.2) is 15.1 Å². The van der Waals surface area contributed by atoms with Gasteiger partial charge in [-0.15, -0.1) is 0 Å². The second-order valence-corrected chi connectivity index (χ2v) is 3.83. The zero-order chi connectivity index (χ0) is 12.5.